The Morgan fingerprint density at radius 3 is 2.67 bits per heavy atom. The molecule has 1 aliphatic rings. The van der Waals surface area contributed by atoms with E-state index in [9.17, 15) is 4.79 Å². The normalized spacial score (nSPS) is 20.2. The van der Waals surface area contributed by atoms with Crippen molar-refractivity contribution < 1.29 is 4.79 Å². The molecule has 0 bridgehead atoms. The van der Waals surface area contributed by atoms with Crippen molar-refractivity contribution in [2.24, 2.45) is 5.41 Å². The Balaban J connectivity index is 1.85. The zero-order chi connectivity index (χ0) is 13.2. The van der Waals surface area contributed by atoms with Crippen LogP contribution in [0.25, 0.3) is 0 Å². The van der Waals surface area contributed by atoms with Gasteiger partial charge >= 0.3 is 0 Å². The van der Waals surface area contributed by atoms with Gasteiger partial charge in [0.15, 0.2) is 5.78 Å². The molecule has 1 aromatic heterocycles. The van der Waals surface area contributed by atoms with Gasteiger partial charge in [0.2, 0.25) is 0 Å². The molecule has 0 amide bonds. The van der Waals surface area contributed by atoms with E-state index in [4.69, 9.17) is 0 Å². The Labute approximate surface area is 114 Å². The van der Waals surface area contributed by atoms with E-state index in [0.717, 1.165) is 4.88 Å². The van der Waals surface area contributed by atoms with Gasteiger partial charge < -0.3 is 0 Å². The van der Waals surface area contributed by atoms with Gasteiger partial charge in [-0.3, -0.25) is 9.69 Å². The molecule has 1 aromatic rings. The second-order valence-corrected chi connectivity index (χ2v) is 7.16. The summed E-state index contributed by atoms with van der Waals surface area (Å²) in [6.07, 6.45) is 4.99. The lowest BCUT2D eigenvalue weighted by Crippen LogP contribution is -2.39. The van der Waals surface area contributed by atoms with E-state index >= 15 is 0 Å². The van der Waals surface area contributed by atoms with E-state index < -0.39 is 0 Å². The van der Waals surface area contributed by atoms with Crippen molar-refractivity contribution in [1.82, 2.24) is 4.90 Å². The first-order chi connectivity index (χ1) is 8.48. The van der Waals surface area contributed by atoms with Gasteiger partial charge in [-0.1, -0.05) is 19.9 Å². The first-order valence-electron chi connectivity index (χ1n) is 6.75. The Morgan fingerprint density at radius 2 is 2.11 bits per heavy atom. The van der Waals surface area contributed by atoms with Gasteiger partial charge in [0.1, 0.15) is 0 Å². The number of likely N-dealkylation sites (N-methyl/N-ethyl adjacent to an activating group) is 1. The fraction of sp³-hybridized carbons (Fsp3) is 0.667. The summed E-state index contributed by atoms with van der Waals surface area (Å²) in [6, 6.07) is 4.45. The molecule has 2 rings (SSSR count). The molecule has 100 valence electrons. The number of nitrogens with zero attached hydrogens (tertiary/aromatic N) is 1. The van der Waals surface area contributed by atoms with Gasteiger partial charge in [-0.05, 0) is 49.6 Å². The van der Waals surface area contributed by atoms with Crippen molar-refractivity contribution in [3.05, 3.63) is 22.4 Å². The molecule has 0 aliphatic heterocycles. The third-order valence-corrected chi connectivity index (χ3v) is 5.03. The van der Waals surface area contributed by atoms with Gasteiger partial charge in [0.05, 0.1) is 11.4 Å². The molecule has 0 radical (unpaired) electrons. The highest BCUT2D eigenvalue weighted by atomic mass is 32.1. The second-order valence-electron chi connectivity index (χ2n) is 6.21. The lowest BCUT2D eigenvalue weighted by Gasteiger charge is -2.38. The van der Waals surface area contributed by atoms with E-state index in [2.05, 4.69) is 25.8 Å². The Morgan fingerprint density at radius 1 is 1.44 bits per heavy atom. The van der Waals surface area contributed by atoms with Crippen LogP contribution in [0.1, 0.15) is 49.2 Å². The number of Topliss-reactive ketones (excluding diaryl/α,β-unsaturated/α-hetero) is 1. The molecule has 3 heteroatoms. The van der Waals surface area contributed by atoms with Crippen LogP contribution in [-0.4, -0.2) is 30.3 Å². The number of hydrogen-bond donors (Lipinski definition) is 0. The minimum atomic E-state index is 0.261. The van der Waals surface area contributed by atoms with Crippen molar-refractivity contribution in [2.75, 3.05) is 13.6 Å². The molecule has 18 heavy (non-hydrogen) atoms. The van der Waals surface area contributed by atoms with Crippen LogP contribution in [0.2, 0.25) is 0 Å². The number of hydrogen-bond acceptors (Lipinski definition) is 3. The fourth-order valence-corrected chi connectivity index (χ4v) is 3.35. The molecule has 0 atom stereocenters. The molecule has 1 heterocycles. The molecule has 0 saturated heterocycles. The van der Waals surface area contributed by atoms with Crippen LogP contribution in [0.15, 0.2) is 17.5 Å². The van der Waals surface area contributed by atoms with Gasteiger partial charge in [0.25, 0.3) is 0 Å². The summed E-state index contributed by atoms with van der Waals surface area (Å²) >= 11 is 1.54. The third-order valence-electron chi connectivity index (χ3n) is 4.12. The lowest BCUT2D eigenvalue weighted by molar-refractivity contribution is 0.0855. The number of carbonyl (C=O) groups is 1. The molecule has 1 aliphatic carbocycles. The summed E-state index contributed by atoms with van der Waals surface area (Å²) in [4.78, 5) is 15.2. The van der Waals surface area contributed by atoms with Crippen LogP contribution >= 0.6 is 11.3 Å². The highest BCUT2D eigenvalue weighted by Gasteiger charge is 2.29. The van der Waals surface area contributed by atoms with Crippen LogP contribution in [0, 0.1) is 5.41 Å². The van der Waals surface area contributed by atoms with Gasteiger partial charge in [-0.25, -0.2) is 0 Å². The number of ketones is 1. The zero-order valence-electron chi connectivity index (χ0n) is 11.6. The summed E-state index contributed by atoms with van der Waals surface area (Å²) < 4.78 is 0. The van der Waals surface area contributed by atoms with Crippen LogP contribution in [0.3, 0.4) is 0 Å². The first-order valence-corrected chi connectivity index (χ1v) is 7.63. The van der Waals surface area contributed by atoms with Crippen LogP contribution in [-0.2, 0) is 0 Å². The van der Waals surface area contributed by atoms with Crippen molar-refractivity contribution in [1.29, 1.82) is 0 Å². The SMILES string of the molecule is CN(CC(=O)c1cccs1)C1CCC(C)(C)CC1. The largest absolute Gasteiger partial charge is 0.296 e. The Hall–Kier alpha value is -0.670. The van der Waals surface area contributed by atoms with Crippen LogP contribution in [0.5, 0.6) is 0 Å². The summed E-state index contributed by atoms with van der Waals surface area (Å²) in [7, 11) is 2.09. The molecular weight excluding hydrogens is 242 g/mol. The fourth-order valence-electron chi connectivity index (χ4n) is 2.70. The molecule has 0 spiro atoms. The van der Waals surface area contributed by atoms with Gasteiger partial charge in [-0.15, -0.1) is 11.3 Å². The Kier molecular flexibility index (Phi) is 4.23. The molecule has 1 fully saturated rings. The van der Waals surface area contributed by atoms with E-state index in [1.54, 1.807) is 11.3 Å². The maximum absolute atomic E-state index is 12.1. The third kappa shape index (κ3) is 3.42. The van der Waals surface area contributed by atoms with Crippen molar-refractivity contribution >= 4 is 17.1 Å². The number of carbonyl (C=O) groups excluding carboxylic acids is 1. The second kappa shape index (κ2) is 5.54. The van der Waals surface area contributed by atoms with E-state index in [1.807, 2.05) is 17.5 Å². The van der Waals surface area contributed by atoms with Crippen molar-refractivity contribution in [3.63, 3.8) is 0 Å². The van der Waals surface area contributed by atoms with Gasteiger partial charge in [-0.2, -0.15) is 0 Å². The predicted molar refractivity (Wildman–Crippen MR) is 77.3 cm³/mol. The standard InChI is InChI=1S/C15H23NOS/c1-15(2)8-6-12(7-9-15)16(3)11-13(17)14-5-4-10-18-14/h4-5,10,12H,6-9,11H2,1-3H3. The maximum atomic E-state index is 12.1. The lowest BCUT2D eigenvalue weighted by atomic mass is 9.75. The molecule has 0 N–H and O–H groups in total. The van der Waals surface area contributed by atoms with E-state index in [-0.39, 0.29) is 5.78 Å². The minimum Gasteiger partial charge on any atom is -0.296 e. The smallest absolute Gasteiger partial charge is 0.186 e. The molecular formula is C15H23NOS. The highest BCUT2D eigenvalue weighted by Crippen LogP contribution is 2.36. The minimum absolute atomic E-state index is 0.261. The maximum Gasteiger partial charge on any atom is 0.186 e. The van der Waals surface area contributed by atoms with Crippen molar-refractivity contribution in [3.8, 4) is 0 Å². The zero-order valence-corrected chi connectivity index (χ0v) is 12.4. The molecule has 2 nitrogen and oxygen atoms in total. The summed E-state index contributed by atoms with van der Waals surface area (Å²) in [6.45, 7) is 5.26. The first kappa shape index (κ1) is 13.8. The summed E-state index contributed by atoms with van der Waals surface area (Å²) in [5.41, 5.74) is 0.495. The summed E-state index contributed by atoms with van der Waals surface area (Å²) in [5.74, 6) is 0.261. The summed E-state index contributed by atoms with van der Waals surface area (Å²) in [5, 5.41) is 1.97. The van der Waals surface area contributed by atoms with E-state index in [0.29, 0.717) is 18.0 Å². The monoisotopic (exact) mass is 265 g/mol. The Bertz CT molecular complexity index is 387. The topological polar surface area (TPSA) is 20.3 Å². The highest BCUT2D eigenvalue weighted by molar-refractivity contribution is 7.12. The number of thiophene rings is 1. The van der Waals surface area contributed by atoms with E-state index in [1.165, 1.54) is 25.7 Å². The molecule has 0 unspecified atom stereocenters. The van der Waals surface area contributed by atoms with Crippen LogP contribution in [0.4, 0.5) is 0 Å². The average molecular weight is 265 g/mol. The van der Waals surface area contributed by atoms with Crippen LogP contribution < -0.4 is 0 Å². The average Bonchev–Trinajstić information content (AvgIpc) is 2.82. The van der Waals surface area contributed by atoms with Crippen molar-refractivity contribution in [2.45, 2.75) is 45.6 Å². The molecule has 1 saturated carbocycles. The molecule has 0 aromatic carbocycles. The number of rotatable bonds is 4. The quantitative estimate of drug-likeness (QED) is 0.771. The van der Waals surface area contributed by atoms with Gasteiger partial charge in [0, 0.05) is 6.04 Å². The predicted octanol–water partition coefficient (Wildman–Crippen LogP) is 3.83.